The molecule has 0 saturated heterocycles. The third kappa shape index (κ3) is 8.60. The molecule has 0 amide bonds. The van der Waals surface area contributed by atoms with E-state index in [0.717, 1.165) is 21.2 Å². The summed E-state index contributed by atoms with van der Waals surface area (Å²) in [5.74, 6) is 0.911. The van der Waals surface area contributed by atoms with Gasteiger partial charge in [0, 0.05) is 0 Å². The molecule has 0 aromatic carbocycles. The Morgan fingerprint density at radius 2 is 2.29 bits per heavy atom. The van der Waals surface area contributed by atoms with Crippen LogP contribution >= 0.6 is 11.8 Å². The first-order chi connectivity index (χ1) is 6.54. The number of aliphatic carboxylic acids is 1. The number of carboxylic acids is 1. The molecule has 14 heavy (non-hydrogen) atoms. The van der Waals surface area contributed by atoms with Crippen LogP contribution in [0.1, 0.15) is 13.3 Å². The van der Waals surface area contributed by atoms with Gasteiger partial charge in [0.1, 0.15) is 0 Å². The molecule has 4 nitrogen and oxygen atoms in total. The molecule has 0 aromatic rings. The van der Waals surface area contributed by atoms with Crippen LogP contribution in [0.2, 0.25) is 5.21 Å². The monoisotopic (exact) mass is 280 g/mol. The Hall–Kier alpha value is 0.00844. The van der Waals surface area contributed by atoms with Crippen molar-refractivity contribution < 1.29 is 9.90 Å². The Bertz CT molecular complexity index is 202. The van der Waals surface area contributed by atoms with E-state index in [4.69, 9.17) is 16.2 Å². The van der Waals surface area contributed by atoms with Crippen LogP contribution in [0, 0.1) is 5.41 Å². The van der Waals surface area contributed by atoms with E-state index in [1.54, 1.807) is 11.8 Å². The summed E-state index contributed by atoms with van der Waals surface area (Å²) >= 11 is 1.54. The van der Waals surface area contributed by atoms with Crippen molar-refractivity contribution in [2.75, 3.05) is 11.5 Å². The molecule has 0 aliphatic heterocycles. The Morgan fingerprint density at radius 3 is 2.79 bits per heavy atom. The molecule has 0 radical (unpaired) electrons. The van der Waals surface area contributed by atoms with Crippen LogP contribution in [-0.4, -0.2) is 48.9 Å². The van der Waals surface area contributed by atoms with Crippen LogP contribution in [0.15, 0.2) is 0 Å². The number of rotatable bonds is 8. The maximum absolute atomic E-state index is 10.4. The van der Waals surface area contributed by atoms with Crippen LogP contribution in [0.25, 0.3) is 0 Å². The molecule has 1 unspecified atom stereocenters. The van der Waals surface area contributed by atoms with Crippen molar-refractivity contribution in [2.24, 2.45) is 5.73 Å². The molecule has 0 saturated carbocycles. The van der Waals surface area contributed by atoms with E-state index < -0.39 is 12.0 Å². The molecule has 82 valence electrons. The van der Waals surface area contributed by atoms with E-state index in [2.05, 4.69) is 0 Å². The predicted molar refractivity (Wildman–Crippen MR) is 62.9 cm³/mol. The van der Waals surface area contributed by atoms with E-state index in [9.17, 15) is 4.79 Å². The average molecular weight is 280 g/mol. The number of nitrogens with one attached hydrogen (secondary N) is 1. The predicted octanol–water partition coefficient (Wildman–Crippen LogP) is 0.374. The van der Waals surface area contributed by atoms with Crippen LogP contribution in [0.4, 0.5) is 0 Å². The van der Waals surface area contributed by atoms with Crippen molar-refractivity contribution in [1.82, 2.24) is 0 Å². The molecule has 4 N–H and O–H groups in total. The SMILES string of the molecule is CC(=N)[AsH]CCSCC[C@H](N)C(=O)O. The molecule has 0 aliphatic rings. The molecule has 6 heteroatoms. The van der Waals surface area contributed by atoms with E-state index in [0.29, 0.717) is 6.42 Å². The summed E-state index contributed by atoms with van der Waals surface area (Å²) < 4.78 is 0.827. The van der Waals surface area contributed by atoms with E-state index in [1.807, 2.05) is 6.92 Å². The quantitative estimate of drug-likeness (QED) is 0.341. The topological polar surface area (TPSA) is 87.2 Å². The van der Waals surface area contributed by atoms with Gasteiger partial charge in [0.05, 0.1) is 0 Å². The van der Waals surface area contributed by atoms with E-state index in [-0.39, 0.29) is 15.8 Å². The second-order valence-corrected chi connectivity index (χ2v) is 7.49. The molecule has 0 aromatic heterocycles. The fourth-order valence-corrected chi connectivity index (χ4v) is 3.96. The number of nitrogens with two attached hydrogens (primary N) is 1. The first-order valence-corrected chi connectivity index (χ1v) is 8.08. The summed E-state index contributed by atoms with van der Waals surface area (Å²) in [6.07, 6.45) is 0.531. The van der Waals surface area contributed by atoms with Crippen LogP contribution in [0.5, 0.6) is 0 Å². The van der Waals surface area contributed by atoms with Crippen molar-refractivity contribution in [3.05, 3.63) is 0 Å². The molecular weight excluding hydrogens is 263 g/mol. The van der Waals surface area contributed by atoms with Crippen LogP contribution in [0.3, 0.4) is 0 Å². The van der Waals surface area contributed by atoms with Gasteiger partial charge in [-0.25, -0.2) is 0 Å². The number of carboxylic acid groups (broad SMARTS) is 1. The zero-order chi connectivity index (χ0) is 11.0. The molecule has 0 spiro atoms. The number of carbonyl (C=O) groups is 1. The normalized spacial score (nSPS) is 13.3. The standard InChI is InChI=1S/C8H17AsN2O2S/c1-6(10)9-3-5-14-4-2-7(11)8(12)13/h7,9-10H,2-5,11H2,1H3,(H,12,13)/t7-/m0/s1. The van der Waals surface area contributed by atoms with Crippen molar-refractivity contribution in [3.8, 4) is 0 Å². The first kappa shape index (κ1) is 14.0. The fraction of sp³-hybridized carbons (Fsp3) is 0.750. The summed E-state index contributed by atoms with van der Waals surface area (Å²) in [4.78, 5) is 10.4. The Kier molecular flexibility index (Phi) is 8.33. The number of hydrogen-bond donors (Lipinski definition) is 3. The molecule has 2 atom stereocenters. The van der Waals surface area contributed by atoms with Crippen molar-refractivity contribution in [1.29, 1.82) is 5.41 Å². The zero-order valence-electron chi connectivity index (χ0n) is 8.25. The van der Waals surface area contributed by atoms with Crippen molar-refractivity contribution in [3.63, 3.8) is 0 Å². The van der Waals surface area contributed by atoms with Gasteiger partial charge in [-0.1, -0.05) is 0 Å². The summed E-state index contributed by atoms with van der Waals surface area (Å²) in [6.45, 7) is 1.85. The molecule has 0 fully saturated rings. The van der Waals surface area contributed by atoms with E-state index in [1.165, 1.54) is 0 Å². The van der Waals surface area contributed by atoms with Gasteiger partial charge in [-0.3, -0.25) is 0 Å². The van der Waals surface area contributed by atoms with Crippen molar-refractivity contribution in [2.45, 2.75) is 24.6 Å². The second kappa shape index (κ2) is 8.33. The molecular formula is C8H17AsN2O2S. The zero-order valence-corrected chi connectivity index (χ0v) is 11.2. The van der Waals surface area contributed by atoms with Gasteiger partial charge < -0.3 is 0 Å². The summed E-state index contributed by atoms with van der Waals surface area (Å²) in [5.41, 5.74) is 5.34. The average Bonchev–Trinajstić information content (AvgIpc) is 2.09. The first-order valence-electron chi connectivity index (χ1n) is 4.39. The van der Waals surface area contributed by atoms with Gasteiger partial charge in [0.15, 0.2) is 0 Å². The molecule has 0 aliphatic carbocycles. The number of thioether (sulfide) groups is 1. The summed E-state index contributed by atoms with van der Waals surface area (Å²) in [7, 11) is 0. The van der Waals surface area contributed by atoms with Crippen LogP contribution < -0.4 is 5.73 Å². The minimum absolute atomic E-state index is 0.189. The maximum atomic E-state index is 10.4. The summed E-state index contributed by atoms with van der Waals surface area (Å²) in [5, 5.41) is 16.9. The van der Waals surface area contributed by atoms with E-state index >= 15 is 0 Å². The van der Waals surface area contributed by atoms with Gasteiger partial charge in [0.25, 0.3) is 0 Å². The summed E-state index contributed by atoms with van der Waals surface area (Å²) in [6, 6.07) is -0.719. The molecule has 0 bridgehead atoms. The van der Waals surface area contributed by atoms with Gasteiger partial charge in [-0.2, -0.15) is 0 Å². The third-order valence-electron chi connectivity index (χ3n) is 1.53. The second-order valence-electron chi connectivity index (χ2n) is 2.90. The van der Waals surface area contributed by atoms with Gasteiger partial charge in [-0.15, -0.1) is 0 Å². The van der Waals surface area contributed by atoms with Gasteiger partial charge in [-0.05, 0) is 0 Å². The third-order valence-corrected chi connectivity index (χ3v) is 5.47. The number of hydrogen-bond acceptors (Lipinski definition) is 4. The van der Waals surface area contributed by atoms with Gasteiger partial charge in [0.2, 0.25) is 0 Å². The Morgan fingerprint density at radius 1 is 1.64 bits per heavy atom. The molecule has 0 rings (SSSR count). The van der Waals surface area contributed by atoms with Gasteiger partial charge >= 0.3 is 95.1 Å². The minimum atomic E-state index is -0.922. The fourth-order valence-electron chi connectivity index (χ4n) is 0.747. The molecule has 0 heterocycles. The Labute approximate surface area is 95.2 Å². The Balaban J connectivity index is 3.21. The van der Waals surface area contributed by atoms with Crippen molar-refractivity contribution >= 4 is 38.0 Å². The van der Waals surface area contributed by atoms with Crippen LogP contribution in [-0.2, 0) is 4.79 Å².